The molecule has 1 N–H and O–H groups in total. The molecule has 2 fully saturated rings. The summed E-state index contributed by atoms with van der Waals surface area (Å²) >= 11 is 0. The molecule has 0 bridgehead atoms. The predicted octanol–water partition coefficient (Wildman–Crippen LogP) is 5.04. The number of amides is 1. The first-order chi connectivity index (χ1) is 24.9. The van der Waals surface area contributed by atoms with Gasteiger partial charge in [-0.2, -0.15) is 5.10 Å². The van der Waals surface area contributed by atoms with Gasteiger partial charge in [0, 0.05) is 83.6 Å². The topological polar surface area (TPSA) is 117 Å². The summed E-state index contributed by atoms with van der Waals surface area (Å²) in [5.74, 6) is 0.599. The number of ether oxygens (including phenoxy) is 4. The summed E-state index contributed by atoms with van der Waals surface area (Å²) in [4.78, 5) is 34.7. The molecule has 0 saturated carbocycles. The van der Waals surface area contributed by atoms with E-state index in [0.717, 1.165) is 49.4 Å². The second-order valence-corrected chi connectivity index (χ2v) is 13.4. The highest BCUT2D eigenvalue weighted by Crippen LogP contribution is 2.36. The third-order valence-corrected chi connectivity index (χ3v) is 9.91. The number of methoxy groups -OCH3 is 2. The number of aromatic nitrogens is 3. The van der Waals surface area contributed by atoms with Crippen LogP contribution in [0.1, 0.15) is 52.4 Å². The molecule has 0 aliphatic carbocycles. The van der Waals surface area contributed by atoms with Gasteiger partial charge in [-0.3, -0.25) is 9.59 Å². The lowest BCUT2D eigenvalue weighted by molar-refractivity contribution is -0.119. The van der Waals surface area contributed by atoms with Gasteiger partial charge in [-0.1, -0.05) is 48.5 Å². The Morgan fingerprint density at radius 3 is 2.39 bits per heavy atom. The minimum Gasteiger partial charge on any atom is -0.475 e. The van der Waals surface area contributed by atoms with Crippen molar-refractivity contribution in [2.75, 3.05) is 66.9 Å². The average Bonchev–Trinajstić information content (AvgIpc) is 3.71. The minimum atomic E-state index is -0.261. The van der Waals surface area contributed by atoms with E-state index >= 15 is 0 Å². The van der Waals surface area contributed by atoms with Gasteiger partial charge < -0.3 is 29.2 Å². The Morgan fingerprint density at radius 2 is 1.67 bits per heavy atom. The van der Waals surface area contributed by atoms with Crippen LogP contribution < -0.4 is 10.1 Å². The SMILES string of the molecule is COCCOc1ncc(-c2nn(-c3ccccc3)c(CC(=O)C[C@@H]3CN(CCOC)C[C@H]3c3ccccc3)c2C)cc1C(=O)NC1CCOCC1. The summed E-state index contributed by atoms with van der Waals surface area (Å²) in [5, 5.41) is 8.20. The maximum atomic E-state index is 14.1. The molecule has 6 rings (SSSR count). The number of carbonyl (C=O) groups is 2. The van der Waals surface area contributed by atoms with E-state index in [1.807, 2.05) is 48.0 Å². The lowest BCUT2D eigenvalue weighted by Gasteiger charge is -2.23. The van der Waals surface area contributed by atoms with Crippen LogP contribution in [0.25, 0.3) is 16.9 Å². The summed E-state index contributed by atoms with van der Waals surface area (Å²) in [7, 11) is 3.32. The number of likely N-dealkylation sites (tertiary alicyclic amines) is 1. The number of nitrogens with zero attached hydrogens (tertiary/aromatic N) is 4. The highest BCUT2D eigenvalue weighted by atomic mass is 16.5. The van der Waals surface area contributed by atoms with E-state index in [-0.39, 0.29) is 48.5 Å². The molecule has 270 valence electrons. The molecule has 51 heavy (non-hydrogen) atoms. The number of hydrogen-bond donors (Lipinski definition) is 1. The van der Waals surface area contributed by atoms with Crippen LogP contribution in [0.3, 0.4) is 0 Å². The summed E-state index contributed by atoms with van der Waals surface area (Å²) < 4.78 is 23.8. The smallest absolute Gasteiger partial charge is 0.257 e. The molecule has 2 aromatic heterocycles. The summed E-state index contributed by atoms with van der Waals surface area (Å²) in [5.41, 5.74) is 5.46. The summed E-state index contributed by atoms with van der Waals surface area (Å²) in [6, 6.07) is 22.2. The van der Waals surface area contributed by atoms with Crippen molar-refractivity contribution >= 4 is 11.7 Å². The van der Waals surface area contributed by atoms with Crippen molar-refractivity contribution in [3.8, 4) is 22.8 Å². The van der Waals surface area contributed by atoms with E-state index in [2.05, 4.69) is 39.5 Å². The molecule has 2 saturated heterocycles. The predicted molar refractivity (Wildman–Crippen MR) is 195 cm³/mol. The summed E-state index contributed by atoms with van der Waals surface area (Å²) in [6.07, 6.45) is 3.86. The number of hydrogen-bond acceptors (Lipinski definition) is 9. The Hall–Kier alpha value is -4.42. The summed E-state index contributed by atoms with van der Waals surface area (Å²) in [6.45, 7) is 7.07. The number of rotatable bonds is 16. The fourth-order valence-electron chi connectivity index (χ4n) is 7.18. The Bertz CT molecular complexity index is 1740. The number of nitrogens with one attached hydrogen (secondary N) is 1. The zero-order valence-electron chi connectivity index (χ0n) is 29.9. The van der Waals surface area contributed by atoms with E-state index in [0.29, 0.717) is 49.7 Å². The Kier molecular flexibility index (Phi) is 12.6. The third-order valence-electron chi connectivity index (χ3n) is 9.91. The van der Waals surface area contributed by atoms with Crippen molar-refractivity contribution in [2.45, 2.75) is 44.6 Å². The molecular formula is C40H49N5O6. The lowest BCUT2D eigenvalue weighted by atomic mass is 9.85. The number of ketones is 1. The molecule has 1 amide bonds. The van der Waals surface area contributed by atoms with Gasteiger partial charge in [0.1, 0.15) is 18.0 Å². The molecule has 2 aliphatic rings. The second kappa shape index (κ2) is 17.7. The van der Waals surface area contributed by atoms with Crippen LogP contribution in [0.4, 0.5) is 0 Å². The van der Waals surface area contributed by atoms with Gasteiger partial charge in [0.05, 0.1) is 30.3 Å². The molecule has 11 heteroatoms. The van der Waals surface area contributed by atoms with Crippen molar-refractivity contribution in [3.63, 3.8) is 0 Å². The highest BCUT2D eigenvalue weighted by molar-refractivity contribution is 5.97. The second-order valence-electron chi connectivity index (χ2n) is 13.4. The number of para-hydroxylation sites is 1. The van der Waals surface area contributed by atoms with E-state index in [9.17, 15) is 9.59 Å². The van der Waals surface area contributed by atoms with Gasteiger partial charge in [-0.15, -0.1) is 0 Å². The molecule has 0 spiro atoms. The minimum absolute atomic E-state index is 0.00628. The van der Waals surface area contributed by atoms with Crippen molar-refractivity contribution in [2.24, 2.45) is 5.92 Å². The Morgan fingerprint density at radius 1 is 0.941 bits per heavy atom. The van der Waals surface area contributed by atoms with Crippen LogP contribution in [-0.4, -0.2) is 104 Å². The number of pyridine rings is 1. The van der Waals surface area contributed by atoms with Crippen molar-refractivity contribution in [1.29, 1.82) is 0 Å². The molecule has 11 nitrogen and oxygen atoms in total. The van der Waals surface area contributed by atoms with Crippen molar-refractivity contribution in [1.82, 2.24) is 25.0 Å². The van der Waals surface area contributed by atoms with Crippen LogP contribution in [0.2, 0.25) is 0 Å². The molecule has 2 atom stereocenters. The first-order valence-corrected chi connectivity index (χ1v) is 17.9. The van der Waals surface area contributed by atoms with E-state index in [1.165, 1.54) is 5.56 Å². The normalized spacial score (nSPS) is 18.2. The molecular weight excluding hydrogens is 646 g/mol. The fraction of sp³-hybridized carbons (Fsp3) is 0.450. The van der Waals surface area contributed by atoms with Crippen molar-refractivity contribution in [3.05, 3.63) is 95.3 Å². The van der Waals surface area contributed by atoms with Gasteiger partial charge in [0.25, 0.3) is 5.91 Å². The monoisotopic (exact) mass is 695 g/mol. The van der Waals surface area contributed by atoms with Gasteiger partial charge in [-0.05, 0) is 55.0 Å². The van der Waals surface area contributed by atoms with E-state index < -0.39 is 0 Å². The van der Waals surface area contributed by atoms with Gasteiger partial charge >= 0.3 is 0 Å². The van der Waals surface area contributed by atoms with Crippen LogP contribution in [0.15, 0.2) is 72.9 Å². The highest BCUT2D eigenvalue weighted by Gasteiger charge is 2.35. The Labute approximate surface area is 300 Å². The van der Waals surface area contributed by atoms with Crippen LogP contribution in [0.5, 0.6) is 5.88 Å². The van der Waals surface area contributed by atoms with Crippen LogP contribution in [-0.2, 0) is 25.4 Å². The first kappa shape index (κ1) is 36.4. The van der Waals surface area contributed by atoms with Gasteiger partial charge in [-0.25, -0.2) is 9.67 Å². The quantitative estimate of drug-likeness (QED) is 0.161. The van der Waals surface area contributed by atoms with Gasteiger partial charge in [0.15, 0.2) is 0 Å². The molecule has 2 aliphatic heterocycles. The lowest BCUT2D eigenvalue weighted by Crippen LogP contribution is -2.39. The standard InChI is InChI=1S/C40H49N5O6/c1-28-37(24-34(46)22-31-26-44(16-19-48-2)27-36(31)29-10-6-4-7-11-29)45(33-12-8-5-9-13-33)43-38(28)30-23-35(40(41-25-30)51-21-20-49-3)39(47)42-32-14-17-50-18-15-32/h4-13,23,25,31-32,36H,14-22,24,26-27H2,1-3H3,(H,42,47)/t31-,36+/m1/s1. The maximum Gasteiger partial charge on any atom is 0.257 e. The number of benzene rings is 2. The van der Waals surface area contributed by atoms with Crippen LogP contribution >= 0.6 is 0 Å². The molecule has 0 unspecified atom stereocenters. The third kappa shape index (κ3) is 9.09. The van der Waals surface area contributed by atoms with Crippen LogP contribution in [0, 0.1) is 12.8 Å². The largest absolute Gasteiger partial charge is 0.475 e. The van der Waals surface area contributed by atoms with E-state index in [4.69, 9.17) is 24.0 Å². The van der Waals surface area contributed by atoms with Gasteiger partial charge in [0.2, 0.25) is 5.88 Å². The fourth-order valence-corrected chi connectivity index (χ4v) is 7.18. The molecule has 0 radical (unpaired) electrons. The molecule has 4 aromatic rings. The number of carbonyl (C=O) groups excluding carboxylic acids is 2. The van der Waals surface area contributed by atoms with Crippen molar-refractivity contribution < 1.29 is 28.5 Å². The molecule has 4 heterocycles. The Balaban J connectivity index is 1.29. The first-order valence-electron chi connectivity index (χ1n) is 17.9. The average molecular weight is 696 g/mol. The zero-order valence-corrected chi connectivity index (χ0v) is 29.9. The maximum absolute atomic E-state index is 14.1. The molecule has 2 aromatic carbocycles. The number of Topliss-reactive ketones (excluding diaryl/α,β-unsaturated/α-hetero) is 1. The van der Waals surface area contributed by atoms with E-state index in [1.54, 1.807) is 26.5 Å². The zero-order chi connectivity index (χ0) is 35.6.